The number of hydrogen-bond donors (Lipinski definition) is 0. The van der Waals surface area contributed by atoms with Crippen molar-refractivity contribution in [1.29, 1.82) is 0 Å². The van der Waals surface area contributed by atoms with Gasteiger partial charge in [0.15, 0.2) is 11.7 Å². The molecule has 4 rings (SSSR count). The molecular weight excluding hydrogens is 384 g/mol. The summed E-state index contributed by atoms with van der Waals surface area (Å²) >= 11 is 7.61. The lowest BCUT2D eigenvalue weighted by Crippen LogP contribution is -2.40. The molecule has 0 aliphatic carbocycles. The number of para-hydroxylation sites is 2. The number of carbonyl (C=O) groups excluding carboxylic acids is 1. The molecule has 0 N–H and O–H groups in total. The molecule has 1 atom stereocenters. The van der Waals surface area contributed by atoms with Gasteiger partial charge in [-0.15, -0.1) is 0 Å². The highest BCUT2D eigenvalue weighted by atomic mass is 35.5. The molecule has 1 aromatic heterocycles. The van der Waals surface area contributed by atoms with E-state index in [2.05, 4.69) is 4.98 Å². The Labute approximate surface area is 166 Å². The number of thiazole rings is 1. The van der Waals surface area contributed by atoms with Gasteiger partial charge in [-0.05, 0) is 37.1 Å². The number of aromatic nitrogens is 1. The van der Waals surface area contributed by atoms with Gasteiger partial charge in [0.2, 0.25) is 0 Å². The first-order valence-electron chi connectivity index (χ1n) is 8.85. The summed E-state index contributed by atoms with van der Waals surface area (Å²) in [5, 5.41) is 1.15. The summed E-state index contributed by atoms with van der Waals surface area (Å²) in [6.07, 6.45) is 1.99. The van der Waals surface area contributed by atoms with Gasteiger partial charge in [-0.2, -0.15) is 0 Å². The smallest absolute Gasteiger partial charge is 0.266 e. The van der Waals surface area contributed by atoms with Crippen LogP contribution in [-0.4, -0.2) is 36.8 Å². The maximum atomic E-state index is 13.0. The highest BCUT2D eigenvalue weighted by molar-refractivity contribution is 7.22. The molecule has 0 unspecified atom stereocenters. The molecule has 1 aliphatic rings. The second-order valence-corrected chi connectivity index (χ2v) is 7.74. The minimum absolute atomic E-state index is 0.0290. The molecule has 3 aromatic rings. The Balaban J connectivity index is 1.54. The quantitative estimate of drug-likeness (QED) is 0.607. The summed E-state index contributed by atoms with van der Waals surface area (Å²) in [6, 6.07) is 15.0. The highest BCUT2D eigenvalue weighted by Gasteiger charge is 2.26. The highest BCUT2D eigenvalue weighted by Crippen LogP contribution is 2.30. The lowest BCUT2D eigenvalue weighted by atomic mass is 10.2. The predicted molar refractivity (Wildman–Crippen MR) is 108 cm³/mol. The normalized spacial score (nSPS) is 16.6. The SMILES string of the molecule is O=C(COc1ccccc1Cl)N(C[C@H]1CCCO1)c1nc2ccccc2s1. The van der Waals surface area contributed by atoms with Crippen LogP contribution in [0.1, 0.15) is 12.8 Å². The molecule has 1 aliphatic heterocycles. The van der Waals surface area contributed by atoms with Crippen LogP contribution in [0.15, 0.2) is 48.5 Å². The molecule has 27 heavy (non-hydrogen) atoms. The number of nitrogens with zero attached hydrogens (tertiary/aromatic N) is 2. The fourth-order valence-electron chi connectivity index (χ4n) is 3.03. The lowest BCUT2D eigenvalue weighted by Gasteiger charge is -2.23. The van der Waals surface area contributed by atoms with Crippen molar-refractivity contribution in [1.82, 2.24) is 4.98 Å². The van der Waals surface area contributed by atoms with Gasteiger partial charge in [0.05, 0.1) is 27.9 Å². The Hall–Kier alpha value is -2.15. The van der Waals surface area contributed by atoms with E-state index >= 15 is 0 Å². The van der Waals surface area contributed by atoms with Gasteiger partial charge in [-0.3, -0.25) is 9.69 Å². The van der Waals surface area contributed by atoms with Crippen LogP contribution in [0.5, 0.6) is 5.75 Å². The monoisotopic (exact) mass is 402 g/mol. The molecule has 1 amide bonds. The standard InChI is InChI=1S/C20H19ClN2O3S/c21-15-7-1-3-9-17(15)26-13-19(24)23(12-14-6-5-11-25-14)20-22-16-8-2-4-10-18(16)27-20/h1-4,7-10,14H,5-6,11-13H2/t14-/m1/s1. The second-order valence-electron chi connectivity index (χ2n) is 6.32. The van der Waals surface area contributed by atoms with Gasteiger partial charge in [0.1, 0.15) is 5.75 Å². The molecule has 140 valence electrons. The van der Waals surface area contributed by atoms with Crippen LogP contribution in [0.4, 0.5) is 5.13 Å². The molecular formula is C20H19ClN2O3S. The van der Waals surface area contributed by atoms with Gasteiger partial charge in [0.25, 0.3) is 5.91 Å². The zero-order valence-electron chi connectivity index (χ0n) is 14.6. The van der Waals surface area contributed by atoms with Crippen LogP contribution in [-0.2, 0) is 9.53 Å². The van der Waals surface area contributed by atoms with Crippen molar-refractivity contribution < 1.29 is 14.3 Å². The van der Waals surface area contributed by atoms with Crippen molar-refractivity contribution in [2.24, 2.45) is 0 Å². The number of ether oxygens (including phenoxy) is 2. The van der Waals surface area contributed by atoms with Crippen LogP contribution in [0, 0.1) is 0 Å². The van der Waals surface area contributed by atoms with Crippen LogP contribution >= 0.6 is 22.9 Å². The molecule has 5 nitrogen and oxygen atoms in total. The van der Waals surface area contributed by atoms with Gasteiger partial charge in [-0.25, -0.2) is 4.98 Å². The first-order valence-corrected chi connectivity index (χ1v) is 10.0. The van der Waals surface area contributed by atoms with Crippen LogP contribution in [0.3, 0.4) is 0 Å². The van der Waals surface area contributed by atoms with Crippen molar-refractivity contribution in [3.8, 4) is 5.75 Å². The number of fused-ring (bicyclic) bond motifs is 1. The van der Waals surface area contributed by atoms with Crippen molar-refractivity contribution in [3.05, 3.63) is 53.6 Å². The number of rotatable bonds is 6. The fraction of sp³-hybridized carbons (Fsp3) is 0.300. The van der Waals surface area contributed by atoms with E-state index in [9.17, 15) is 4.79 Å². The maximum absolute atomic E-state index is 13.0. The number of carbonyl (C=O) groups is 1. The number of halogens is 1. The van der Waals surface area contributed by atoms with Crippen LogP contribution < -0.4 is 9.64 Å². The average Bonchev–Trinajstić information content (AvgIpc) is 3.34. The molecule has 2 aromatic carbocycles. The third-order valence-electron chi connectivity index (χ3n) is 4.41. The van der Waals surface area contributed by atoms with E-state index in [-0.39, 0.29) is 18.6 Å². The van der Waals surface area contributed by atoms with E-state index in [1.54, 1.807) is 17.0 Å². The third-order valence-corrected chi connectivity index (χ3v) is 5.78. The zero-order chi connectivity index (χ0) is 18.6. The molecule has 0 radical (unpaired) electrons. The lowest BCUT2D eigenvalue weighted by molar-refractivity contribution is -0.120. The fourth-order valence-corrected chi connectivity index (χ4v) is 4.22. The maximum Gasteiger partial charge on any atom is 0.266 e. The summed E-state index contributed by atoms with van der Waals surface area (Å²) in [5.74, 6) is 0.332. The van der Waals surface area contributed by atoms with Crippen molar-refractivity contribution in [3.63, 3.8) is 0 Å². The number of hydrogen-bond acceptors (Lipinski definition) is 5. The summed E-state index contributed by atoms with van der Waals surface area (Å²) in [6.45, 7) is 1.11. The topological polar surface area (TPSA) is 51.7 Å². The molecule has 7 heteroatoms. The largest absolute Gasteiger partial charge is 0.482 e. The first-order chi connectivity index (χ1) is 13.2. The number of benzene rings is 2. The molecule has 2 heterocycles. The Kier molecular flexibility index (Phi) is 5.57. The average molecular weight is 403 g/mol. The molecule has 0 bridgehead atoms. The predicted octanol–water partition coefficient (Wildman–Crippen LogP) is 4.54. The van der Waals surface area contributed by atoms with E-state index in [1.165, 1.54) is 11.3 Å². The second kappa shape index (κ2) is 8.25. The van der Waals surface area contributed by atoms with Gasteiger partial charge in [0, 0.05) is 6.61 Å². The summed E-state index contributed by atoms with van der Waals surface area (Å²) in [7, 11) is 0. The third kappa shape index (κ3) is 4.24. The number of anilines is 1. The van der Waals surface area contributed by atoms with Crippen molar-refractivity contribution >= 4 is 44.2 Å². The Morgan fingerprint density at radius 1 is 1.26 bits per heavy atom. The molecule has 0 spiro atoms. The number of amides is 1. The van der Waals surface area contributed by atoms with E-state index in [4.69, 9.17) is 21.1 Å². The van der Waals surface area contributed by atoms with E-state index in [0.29, 0.717) is 22.4 Å². The van der Waals surface area contributed by atoms with Gasteiger partial charge >= 0.3 is 0 Å². The zero-order valence-corrected chi connectivity index (χ0v) is 16.2. The Morgan fingerprint density at radius 2 is 2.07 bits per heavy atom. The van der Waals surface area contributed by atoms with E-state index < -0.39 is 0 Å². The van der Waals surface area contributed by atoms with Crippen molar-refractivity contribution in [2.45, 2.75) is 18.9 Å². The van der Waals surface area contributed by atoms with Crippen molar-refractivity contribution in [2.75, 3.05) is 24.7 Å². The summed E-state index contributed by atoms with van der Waals surface area (Å²) in [5.41, 5.74) is 0.884. The van der Waals surface area contributed by atoms with Gasteiger partial charge in [-0.1, -0.05) is 47.2 Å². The van der Waals surface area contributed by atoms with Gasteiger partial charge < -0.3 is 9.47 Å². The minimum Gasteiger partial charge on any atom is -0.482 e. The minimum atomic E-state index is -0.163. The molecule has 0 saturated carbocycles. The van der Waals surface area contributed by atoms with E-state index in [0.717, 1.165) is 29.7 Å². The van der Waals surface area contributed by atoms with Crippen LogP contribution in [0.2, 0.25) is 5.02 Å². The Morgan fingerprint density at radius 3 is 2.85 bits per heavy atom. The Bertz CT molecular complexity index is 907. The molecule has 1 fully saturated rings. The first kappa shape index (κ1) is 18.2. The van der Waals surface area contributed by atoms with E-state index in [1.807, 2.05) is 36.4 Å². The summed E-state index contributed by atoms with van der Waals surface area (Å²) in [4.78, 5) is 19.3. The summed E-state index contributed by atoms with van der Waals surface area (Å²) < 4.78 is 12.4. The van der Waals surface area contributed by atoms with Crippen LogP contribution in [0.25, 0.3) is 10.2 Å². The molecule has 1 saturated heterocycles.